The molecule has 1 fully saturated rings. The normalized spacial score (nSPS) is 30.2. The number of hydroxylamine groups is 2. The van der Waals surface area contributed by atoms with Gasteiger partial charge in [-0.3, -0.25) is 19.2 Å². The number of rotatable bonds is 6. The van der Waals surface area contributed by atoms with Crippen molar-refractivity contribution in [2.45, 2.75) is 37.4 Å². The SMILES string of the molecule is Cc1cn([C@@H]2O[C@H](CO)[C@@H](O)[C@]2(O)CCON(C)C)c(=O)[nH]c1=O. The average Bonchev–Trinajstić information content (AvgIpc) is 2.75. The lowest BCUT2D eigenvalue weighted by molar-refractivity contribution is -0.164. The fourth-order valence-corrected chi connectivity index (χ4v) is 2.70. The zero-order valence-electron chi connectivity index (χ0n) is 13.8. The molecule has 1 aromatic rings. The van der Waals surface area contributed by atoms with Gasteiger partial charge in [0.2, 0.25) is 0 Å². The predicted molar refractivity (Wildman–Crippen MR) is 82.3 cm³/mol. The standard InChI is InChI=1S/C14H23N3O7/c1-8-6-17(13(21)15-11(8)20)12-14(22,4-5-23-16(2)3)10(19)9(7-18)24-12/h6,9-10,12,18-19,22H,4-5,7H2,1-3H3,(H,15,20,21)/t9-,10-,12-,14-/m1/s1. The van der Waals surface area contributed by atoms with E-state index in [-0.39, 0.29) is 18.6 Å². The molecule has 1 aliphatic rings. The molecule has 0 spiro atoms. The third-order valence-electron chi connectivity index (χ3n) is 4.03. The van der Waals surface area contributed by atoms with Gasteiger partial charge < -0.3 is 20.1 Å². The molecule has 136 valence electrons. The first-order chi connectivity index (χ1) is 11.2. The van der Waals surface area contributed by atoms with Crippen LogP contribution in [0, 0.1) is 6.92 Å². The van der Waals surface area contributed by atoms with Crippen LogP contribution in [0.1, 0.15) is 18.2 Å². The smallest absolute Gasteiger partial charge is 0.330 e. The predicted octanol–water partition coefficient (Wildman–Crippen LogP) is -2.29. The van der Waals surface area contributed by atoms with Crippen LogP contribution in [-0.2, 0) is 9.57 Å². The first kappa shape index (κ1) is 18.8. The van der Waals surface area contributed by atoms with E-state index in [9.17, 15) is 24.9 Å². The maximum atomic E-state index is 12.1. The number of hydrogen-bond donors (Lipinski definition) is 4. The van der Waals surface area contributed by atoms with Crippen molar-refractivity contribution in [3.05, 3.63) is 32.6 Å². The Kier molecular flexibility index (Phi) is 5.58. The molecule has 0 aliphatic carbocycles. The first-order valence-electron chi connectivity index (χ1n) is 7.49. The topological polar surface area (TPSA) is 137 Å². The Morgan fingerprint density at radius 1 is 1.46 bits per heavy atom. The van der Waals surface area contributed by atoms with Gasteiger partial charge in [0.15, 0.2) is 6.23 Å². The van der Waals surface area contributed by atoms with Crippen molar-refractivity contribution in [1.29, 1.82) is 0 Å². The Hall–Kier alpha value is -1.56. The van der Waals surface area contributed by atoms with Gasteiger partial charge in [0.05, 0.1) is 13.2 Å². The number of aryl methyl sites for hydroxylation is 1. The number of nitrogens with one attached hydrogen (secondary N) is 1. The summed E-state index contributed by atoms with van der Waals surface area (Å²) in [4.78, 5) is 31.0. The summed E-state index contributed by atoms with van der Waals surface area (Å²) in [6.07, 6.45) is -2.59. The summed E-state index contributed by atoms with van der Waals surface area (Å²) in [7, 11) is 3.32. The molecule has 10 nitrogen and oxygen atoms in total. The van der Waals surface area contributed by atoms with Crippen LogP contribution in [0.4, 0.5) is 0 Å². The molecule has 1 saturated heterocycles. The maximum absolute atomic E-state index is 12.1. The number of aliphatic hydroxyl groups excluding tert-OH is 2. The van der Waals surface area contributed by atoms with Gasteiger partial charge in [-0.25, -0.2) is 4.79 Å². The summed E-state index contributed by atoms with van der Waals surface area (Å²) in [5, 5.41) is 32.0. The Morgan fingerprint density at radius 3 is 2.71 bits per heavy atom. The zero-order valence-corrected chi connectivity index (χ0v) is 13.8. The minimum Gasteiger partial charge on any atom is -0.394 e. The number of nitrogens with zero attached hydrogens (tertiary/aromatic N) is 2. The summed E-state index contributed by atoms with van der Waals surface area (Å²) in [5.41, 5.74) is -2.97. The fraction of sp³-hybridized carbons (Fsp3) is 0.714. The van der Waals surface area contributed by atoms with Crippen LogP contribution in [-0.4, -0.2) is 75.1 Å². The molecule has 0 radical (unpaired) electrons. The van der Waals surface area contributed by atoms with Crippen molar-refractivity contribution in [2.24, 2.45) is 0 Å². The van der Waals surface area contributed by atoms with Crippen molar-refractivity contribution in [3.63, 3.8) is 0 Å². The van der Waals surface area contributed by atoms with Crippen molar-refractivity contribution in [2.75, 3.05) is 27.3 Å². The van der Waals surface area contributed by atoms with E-state index in [1.54, 1.807) is 14.1 Å². The Bertz CT molecular complexity index is 686. The lowest BCUT2D eigenvalue weighted by Crippen LogP contribution is -2.50. The molecule has 0 saturated carbocycles. The van der Waals surface area contributed by atoms with Gasteiger partial charge in [0.1, 0.15) is 17.8 Å². The summed E-state index contributed by atoms with van der Waals surface area (Å²) in [6, 6.07) is 0. The van der Waals surface area contributed by atoms with E-state index in [2.05, 4.69) is 4.98 Å². The van der Waals surface area contributed by atoms with E-state index in [1.807, 2.05) is 0 Å². The minimum absolute atomic E-state index is 0.0512. The molecule has 24 heavy (non-hydrogen) atoms. The summed E-state index contributed by atoms with van der Waals surface area (Å²) >= 11 is 0. The zero-order chi connectivity index (χ0) is 18.1. The second-order valence-electron chi connectivity index (χ2n) is 6.02. The summed E-state index contributed by atoms with van der Waals surface area (Å²) in [5.74, 6) is 0. The number of hydrogen-bond acceptors (Lipinski definition) is 8. The van der Waals surface area contributed by atoms with E-state index in [0.29, 0.717) is 0 Å². The van der Waals surface area contributed by atoms with Crippen molar-refractivity contribution < 1.29 is 24.9 Å². The molecule has 2 rings (SSSR count). The molecule has 4 atom stereocenters. The minimum atomic E-state index is -1.88. The molecule has 0 aromatic carbocycles. The highest BCUT2D eigenvalue weighted by Gasteiger charge is 2.56. The Labute approximate surface area is 137 Å². The highest BCUT2D eigenvalue weighted by atomic mass is 16.7. The highest BCUT2D eigenvalue weighted by Crippen LogP contribution is 2.40. The number of ether oxygens (including phenoxy) is 1. The second kappa shape index (κ2) is 7.13. The van der Waals surface area contributed by atoms with E-state index in [4.69, 9.17) is 9.57 Å². The van der Waals surface area contributed by atoms with Crippen molar-refractivity contribution in [1.82, 2.24) is 14.6 Å². The largest absolute Gasteiger partial charge is 0.394 e. The molecule has 2 heterocycles. The number of H-pyrrole nitrogens is 1. The van der Waals surface area contributed by atoms with Gasteiger partial charge in [-0.2, -0.15) is 5.06 Å². The van der Waals surface area contributed by atoms with Gasteiger partial charge >= 0.3 is 5.69 Å². The molecule has 1 aliphatic heterocycles. The molecule has 0 amide bonds. The highest BCUT2D eigenvalue weighted by molar-refractivity contribution is 5.07. The van der Waals surface area contributed by atoms with Gasteiger partial charge in [0.25, 0.3) is 5.56 Å². The lowest BCUT2D eigenvalue weighted by Gasteiger charge is -2.32. The Balaban J connectivity index is 2.39. The third kappa shape index (κ3) is 3.43. The van der Waals surface area contributed by atoms with Crippen LogP contribution in [0.2, 0.25) is 0 Å². The van der Waals surface area contributed by atoms with Gasteiger partial charge in [-0.05, 0) is 6.92 Å². The molecule has 1 aromatic heterocycles. The number of aromatic nitrogens is 2. The van der Waals surface area contributed by atoms with Crippen LogP contribution in [0.5, 0.6) is 0 Å². The Morgan fingerprint density at radius 2 is 2.12 bits per heavy atom. The number of aromatic amines is 1. The molecule has 10 heteroatoms. The van der Waals surface area contributed by atoms with Gasteiger partial charge in [0, 0.05) is 32.3 Å². The molecular formula is C14H23N3O7. The van der Waals surface area contributed by atoms with Crippen LogP contribution in [0.3, 0.4) is 0 Å². The lowest BCUT2D eigenvalue weighted by atomic mass is 9.90. The quantitative estimate of drug-likeness (QED) is 0.423. The van der Waals surface area contributed by atoms with Crippen molar-refractivity contribution in [3.8, 4) is 0 Å². The van der Waals surface area contributed by atoms with E-state index >= 15 is 0 Å². The monoisotopic (exact) mass is 345 g/mol. The summed E-state index contributed by atoms with van der Waals surface area (Å²) < 4.78 is 6.48. The van der Waals surface area contributed by atoms with E-state index < -0.39 is 41.9 Å². The molecule has 4 N–H and O–H groups in total. The van der Waals surface area contributed by atoms with Crippen molar-refractivity contribution >= 4 is 0 Å². The maximum Gasteiger partial charge on any atom is 0.330 e. The molecular weight excluding hydrogens is 322 g/mol. The summed E-state index contributed by atoms with van der Waals surface area (Å²) in [6.45, 7) is 1.01. The van der Waals surface area contributed by atoms with E-state index in [0.717, 1.165) is 4.57 Å². The average molecular weight is 345 g/mol. The van der Waals surface area contributed by atoms with Crippen LogP contribution < -0.4 is 11.2 Å². The van der Waals surface area contributed by atoms with Gasteiger partial charge in [-0.1, -0.05) is 0 Å². The molecule has 0 bridgehead atoms. The first-order valence-corrected chi connectivity index (χ1v) is 7.49. The van der Waals surface area contributed by atoms with E-state index in [1.165, 1.54) is 18.2 Å². The van der Waals surface area contributed by atoms with Gasteiger partial charge in [-0.15, -0.1) is 0 Å². The third-order valence-corrected chi connectivity index (χ3v) is 4.03. The van der Waals surface area contributed by atoms with Crippen LogP contribution in [0.25, 0.3) is 0 Å². The van der Waals surface area contributed by atoms with Crippen LogP contribution in [0.15, 0.2) is 15.8 Å². The fourth-order valence-electron chi connectivity index (χ4n) is 2.70. The molecule has 0 unspecified atom stereocenters. The van der Waals surface area contributed by atoms with Crippen LogP contribution >= 0.6 is 0 Å². The number of aliphatic hydroxyl groups is 3. The second-order valence-corrected chi connectivity index (χ2v) is 6.02.